The van der Waals surface area contributed by atoms with E-state index in [1.807, 2.05) is 26.0 Å². The Kier molecular flexibility index (Phi) is 3.82. The Morgan fingerprint density at radius 2 is 2.00 bits per heavy atom. The highest BCUT2D eigenvalue weighted by molar-refractivity contribution is 5.56. The van der Waals surface area contributed by atoms with Gasteiger partial charge in [-0.3, -0.25) is 0 Å². The third kappa shape index (κ3) is 3.11. The molecule has 96 valence electrons. The van der Waals surface area contributed by atoms with E-state index in [0.717, 1.165) is 11.3 Å². The lowest BCUT2D eigenvalue weighted by molar-refractivity contribution is 1.07. The van der Waals surface area contributed by atoms with Crippen molar-refractivity contribution in [2.24, 2.45) is 0 Å². The molecule has 2 aromatic rings. The van der Waals surface area contributed by atoms with E-state index in [4.69, 9.17) is 0 Å². The monoisotopic (exact) mass is 251 g/mol. The largest absolute Gasteiger partial charge is 0.365 e. The van der Waals surface area contributed by atoms with E-state index in [-0.39, 0.29) is 0 Å². The fourth-order valence-corrected chi connectivity index (χ4v) is 2.11. The zero-order valence-electron chi connectivity index (χ0n) is 11.5. The summed E-state index contributed by atoms with van der Waals surface area (Å²) in [6.07, 6.45) is 0. The highest BCUT2D eigenvalue weighted by atomic mass is 15.0. The van der Waals surface area contributed by atoms with E-state index in [9.17, 15) is 5.26 Å². The van der Waals surface area contributed by atoms with Gasteiger partial charge in [-0.1, -0.05) is 29.8 Å². The van der Waals surface area contributed by atoms with E-state index >= 15 is 0 Å². The van der Waals surface area contributed by atoms with Crippen molar-refractivity contribution in [3.8, 4) is 6.07 Å². The first-order chi connectivity index (χ1) is 9.10. The van der Waals surface area contributed by atoms with Crippen molar-refractivity contribution >= 4 is 5.82 Å². The Hall–Kier alpha value is -2.34. The van der Waals surface area contributed by atoms with E-state index < -0.39 is 0 Å². The van der Waals surface area contributed by atoms with Crippen LogP contribution in [0.1, 0.15) is 27.9 Å². The van der Waals surface area contributed by atoms with Gasteiger partial charge >= 0.3 is 0 Å². The number of nitriles is 1. The molecule has 2 rings (SSSR count). The van der Waals surface area contributed by atoms with E-state index in [1.54, 1.807) is 0 Å². The zero-order chi connectivity index (χ0) is 13.8. The molecule has 0 aliphatic carbocycles. The average molecular weight is 251 g/mol. The summed E-state index contributed by atoms with van der Waals surface area (Å²) >= 11 is 0. The second-order valence-corrected chi connectivity index (χ2v) is 4.76. The van der Waals surface area contributed by atoms with Gasteiger partial charge < -0.3 is 5.32 Å². The van der Waals surface area contributed by atoms with Crippen molar-refractivity contribution in [3.63, 3.8) is 0 Å². The Bertz CT molecular complexity index is 639. The lowest BCUT2D eigenvalue weighted by Crippen LogP contribution is -2.05. The molecule has 0 saturated heterocycles. The molecule has 1 N–H and O–H groups in total. The van der Waals surface area contributed by atoms with Crippen molar-refractivity contribution in [2.45, 2.75) is 27.3 Å². The van der Waals surface area contributed by atoms with Gasteiger partial charge in [-0.25, -0.2) is 4.98 Å². The molecule has 0 bridgehead atoms. The minimum Gasteiger partial charge on any atom is -0.365 e. The number of nitrogens with zero attached hydrogens (tertiary/aromatic N) is 2. The number of benzene rings is 1. The third-order valence-corrected chi connectivity index (χ3v) is 3.00. The molecule has 1 aromatic carbocycles. The van der Waals surface area contributed by atoms with Gasteiger partial charge in [0, 0.05) is 12.2 Å². The van der Waals surface area contributed by atoms with Crippen LogP contribution in [-0.2, 0) is 6.54 Å². The van der Waals surface area contributed by atoms with Crippen LogP contribution >= 0.6 is 0 Å². The molecule has 0 aliphatic rings. The molecule has 0 spiro atoms. The van der Waals surface area contributed by atoms with Gasteiger partial charge in [0.15, 0.2) is 0 Å². The van der Waals surface area contributed by atoms with Gasteiger partial charge in [0.1, 0.15) is 11.9 Å². The molecule has 3 heteroatoms. The Morgan fingerprint density at radius 3 is 2.68 bits per heavy atom. The number of rotatable bonds is 3. The van der Waals surface area contributed by atoms with Gasteiger partial charge in [0.2, 0.25) is 0 Å². The van der Waals surface area contributed by atoms with Gasteiger partial charge in [-0.2, -0.15) is 5.26 Å². The molecular weight excluding hydrogens is 234 g/mol. The molecule has 1 aromatic heterocycles. The maximum Gasteiger partial charge on any atom is 0.144 e. The maximum atomic E-state index is 9.20. The van der Waals surface area contributed by atoms with E-state index in [1.165, 1.54) is 11.1 Å². The molecule has 0 unspecified atom stereocenters. The summed E-state index contributed by atoms with van der Waals surface area (Å²) in [5.74, 6) is 0.668. The highest BCUT2D eigenvalue weighted by Crippen LogP contribution is 2.18. The second kappa shape index (κ2) is 5.53. The lowest BCUT2D eigenvalue weighted by atomic mass is 10.1. The molecule has 19 heavy (non-hydrogen) atoms. The van der Waals surface area contributed by atoms with Crippen LogP contribution in [0.2, 0.25) is 0 Å². The number of pyridine rings is 1. The van der Waals surface area contributed by atoms with E-state index in [2.05, 4.69) is 41.5 Å². The standard InChI is InChI=1S/C16H17N3/c1-11-5-4-6-14(7-11)10-18-16-15(9-17)12(2)8-13(3)19-16/h4-8H,10H2,1-3H3,(H,18,19). The molecule has 0 aliphatic heterocycles. The highest BCUT2D eigenvalue weighted by Gasteiger charge is 2.07. The zero-order valence-corrected chi connectivity index (χ0v) is 11.5. The second-order valence-electron chi connectivity index (χ2n) is 4.76. The predicted molar refractivity (Wildman–Crippen MR) is 76.9 cm³/mol. The van der Waals surface area contributed by atoms with Gasteiger partial charge in [-0.05, 0) is 38.0 Å². The number of anilines is 1. The fraction of sp³-hybridized carbons (Fsp3) is 0.250. The molecule has 1 heterocycles. The van der Waals surface area contributed by atoms with Crippen molar-refractivity contribution in [3.05, 3.63) is 58.3 Å². The molecule has 0 amide bonds. The van der Waals surface area contributed by atoms with Crippen LogP contribution in [0.3, 0.4) is 0 Å². The van der Waals surface area contributed by atoms with Crippen LogP contribution in [0.25, 0.3) is 0 Å². The van der Waals surface area contributed by atoms with Crippen molar-refractivity contribution in [1.29, 1.82) is 5.26 Å². The summed E-state index contributed by atoms with van der Waals surface area (Å²) in [6.45, 7) is 6.61. The molecular formula is C16H17N3. The summed E-state index contributed by atoms with van der Waals surface area (Å²) in [4.78, 5) is 4.41. The summed E-state index contributed by atoms with van der Waals surface area (Å²) in [5, 5.41) is 12.5. The van der Waals surface area contributed by atoms with Crippen LogP contribution in [0.15, 0.2) is 30.3 Å². The number of nitrogens with one attached hydrogen (secondary N) is 1. The summed E-state index contributed by atoms with van der Waals surface area (Å²) in [6, 6.07) is 12.4. The Balaban J connectivity index is 2.22. The van der Waals surface area contributed by atoms with Gasteiger partial charge in [0.05, 0.1) is 5.56 Å². The predicted octanol–water partition coefficient (Wildman–Crippen LogP) is 3.49. The van der Waals surface area contributed by atoms with E-state index in [0.29, 0.717) is 17.9 Å². The van der Waals surface area contributed by atoms with Crippen LogP contribution in [0.4, 0.5) is 5.82 Å². The summed E-state index contributed by atoms with van der Waals surface area (Å²) in [5.41, 5.74) is 4.92. The van der Waals surface area contributed by atoms with Gasteiger partial charge in [0.25, 0.3) is 0 Å². The molecule has 0 fully saturated rings. The minimum atomic E-state index is 0.623. The van der Waals surface area contributed by atoms with Crippen LogP contribution in [-0.4, -0.2) is 4.98 Å². The maximum absolute atomic E-state index is 9.20. The first-order valence-corrected chi connectivity index (χ1v) is 6.28. The smallest absolute Gasteiger partial charge is 0.144 e. The normalized spacial score (nSPS) is 10.0. The third-order valence-electron chi connectivity index (χ3n) is 3.00. The molecule has 3 nitrogen and oxygen atoms in total. The number of aryl methyl sites for hydroxylation is 3. The van der Waals surface area contributed by atoms with Crippen molar-refractivity contribution in [2.75, 3.05) is 5.32 Å². The number of hydrogen-bond acceptors (Lipinski definition) is 3. The minimum absolute atomic E-state index is 0.623. The number of hydrogen-bond donors (Lipinski definition) is 1. The first kappa shape index (κ1) is 13.1. The van der Waals surface area contributed by atoms with Crippen molar-refractivity contribution < 1.29 is 0 Å². The molecule has 0 saturated carbocycles. The topological polar surface area (TPSA) is 48.7 Å². The quantitative estimate of drug-likeness (QED) is 0.908. The Labute approximate surface area is 113 Å². The summed E-state index contributed by atoms with van der Waals surface area (Å²) in [7, 11) is 0. The van der Waals surface area contributed by atoms with Gasteiger partial charge in [-0.15, -0.1) is 0 Å². The fourth-order valence-electron chi connectivity index (χ4n) is 2.11. The first-order valence-electron chi connectivity index (χ1n) is 6.28. The summed E-state index contributed by atoms with van der Waals surface area (Å²) < 4.78 is 0. The Morgan fingerprint density at radius 1 is 1.21 bits per heavy atom. The van der Waals surface area contributed by atoms with Crippen LogP contribution < -0.4 is 5.32 Å². The van der Waals surface area contributed by atoms with Crippen molar-refractivity contribution in [1.82, 2.24) is 4.98 Å². The molecule has 0 atom stereocenters. The average Bonchev–Trinajstić information content (AvgIpc) is 2.36. The number of aromatic nitrogens is 1. The van der Waals surface area contributed by atoms with Crippen LogP contribution in [0.5, 0.6) is 0 Å². The molecule has 0 radical (unpaired) electrons. The lowest BCUT2D eigenvalue weighted by Gasteiger charge is -2.10. The SMILES string of the molecule is Cc1cccc(CNc2nc(C)cc(C)c2C#N)c1. The van der Waals surface area contributed by atoms with Crippen LogP contribution in [0, 0.1) is 32.1 Å².